The number of benzene rings is 3. The molecule has 10 nitrogen and oxygen atoms in total. The van der Waals surface area contributed by atoms with Crippen LogP contribution >= 0.6 is 0 Å². The zero-order valence-corrected chi connectivity index (χ0v) is 15.1. The van der Waals surface area contributed by atoms with E-state index in [0.29, 0.717) is 16.8 Å². The van der Waals surface area contributed by atoms with E-state index in [1.54, 1.807) is 24.3 Å². The highest BCUT2D eigenvalue weighted by Gasteiger charge is 2.21. The highest BCUT2D eigenvalue weighted by Crippen LogP contribution is 2.32. The van der Waals surface area contributed by atoms with E-state index in [1.165, 1.54) is 42.5 Å². The molecule has 1 amide bonds. The van der Waals surface area contributed by atoms with Crippen LogP contribution in [0.2, 0.25) is 0 Å². The fourth-order valence-electron chi connectivity index (χ4n) is 2.94. The quantitative estimate of drug-likeness (QED) is 0.379. The first kappa shape index (κ1) is 18.7. The van der Waals surface area contributed by atoms with Gasteiger partial charge in [0.15, 0.2) is 5.58 Å². The van der Waals surface area contributed by atoms with Crippen LogP contribution in [0.3, 0.4) is 0 Å². The van der Waals surface area contributed by atoms with Crippen LogP contribution in [-0.2, 0) is 0 Å². The van der Waals surface area contributed by atoms with Crippen molar-refractivity contribution in [2.45, 2.75) is 0 Å². The number of para-hydroxylation sites is 2. The van der Waals surface area contributed by atoms with E-state index in [2.05, 4.69) is 10.3 Å². The van der Waals surface area contributed by atoms with Gasteiger partial charge in [0.2, 0.25) is 5.89 Å². The Kier molecular flexibility index (Phi) is 4.64. The summed E-state index contributed by atoms with van der Waals surface area (Å²) in [4.78, 5) is 38.0. The molecule has 0 saturated heterocycles. The molecule has 1 heterocycles. The van der Waals surface area contributed by atoms with Crippen molar-refractivity contribution < 1.29 is 19.1 Å². The molecule has 0 radical (unpaired) electrons. The molecule has 10 heteroatoms. The second-order valence-corrected chi connectivity index (χ2v) is 6.20. The lowest BCUT2D eigenvalue weighted by molar-refractivity contribution is -0.385. The average Bonchev–Trinajstić information content (AvgIpc) is 3.17. The summed E-state index contributed by atoms with van der Waals surface area (Å²) in [6, 6.07) is 16.3. The van der Waals surface area contributed by atoms with Crippen LogP contribution < -0.4 is 5.32 Å². The highest BCUT2D eigenvalue weighted by molar-refractivity contribution is 6.08. The van der Waals surface area contributed by atoms with Crippen molar-refractivity contribution in [2.24, 2.45) is 0 Å². The lowest BCUT2D eigenvalue weighted by atomic mass is 10.1. The largest absolute Gasteiger partial charge is 0.436 e. The number of non-ortho nitro benzene ring substituents is 1. The van der Waals surface area contributed by atoms with Gasteiger partial charge in [-0.25, -0.2) is 4.98 Å². The fourth-order valence-corrected chi connectivity index (χ4v) is 2.94. The predicted octanol–water partition coefficient (Wildman–Crippen LogP) is 4.56. The summed E-state index contributed by atoms with van der Waals surface area (Å²) in [6.07, 6.45) is 0. The maximum atomic E-state index is 12.7. The number of fused-ring (bicyclic) bond motifs is 1. The van der Waals surface area contributed by atoms with E-state index in [1.807, 2.05) is 0 Å². The summed E-state index contributed by atoms with van der Waals surface area (Å²) < 4.78 is 5.66. The number of hydrogen-bond donors (Lipinski definition) is 1. The van der Waals surface area contributed by atoms with Gasteiger partial charge in [0, 0.05) is 12.1 Å². The molecule has 4 rings (SSSR count). The molecule has 0 spiro atoms. The second-order valence-electron chi connectivity index (χ2n) is 6.20. The fraction of sp³-hybridized carbons (Fsp3) is 0. The van der Waals surface area contributed by atoms with E-state index in [-0.39, 0.29) is 28.4 Å². The first-order valence-electron chi connectivity index (χ1n) is 8.63. The molecule has 0 fully saturated rings. The van der Waals surface area contributed by atoms with Crippen LogP contribution in [0.4, 0.5) is 17.1 Å². The van der Waals surface area contributed by atoms with Crippen molar-refractivity contribution in [1.29, 1.82) is 0 Å². The Labute approximate surface area is 168 Å². The lowest BCUT2D eigenvalue weighted by Gasteiger charge is -2.09. The molecule has 3 aromatic carbocycles. The van der Waals surface area contributed by atoms with Crippen LogP contribution in [0.15, 0.2) is 71.1 Å². The van der Waals surface area contributed by atoms with E-state index in [4.69, 9.17) is 4.42 Å². The monoisotopic (exact) mass is 404 g/mol. The number of nitrogens with zero attached hydrogens (tertiary/aromatic N) is 3. The standard InChI is InChI=1S/C20H12N4O6/c25-19(14-6-2-4-8-17(14)24(28)29)21-15-7-3-1-5-13(15)20-22-16-10-9-12(23(26)27)11-18(16)30-20/h1-11H,(H,21,25). The third kappa shape index (κ3) is 3.44. The Bertz CT molecular complexity index is 1310. The van der Waals surface area contributed by atoms with Gasteiger partial charge in [-0.05, 0) is 24.3 Å². The van der Waals surface area contributed by atoms with Gasteiger partial charge in [-0.1, -0.05) is 24.3 Å². The predicted molar refractivity (Wildman–Crippen MR) is 107 cm³/mol. The van der Waals surface area contributed by atoms with Gasteiger partial charge in [-0.15, -0.1) is 0 Å². The summed E-state index contributed by atoms with van der Waals surface area (Å²) >= 11 is 0. The third-order valence-corrected chi connectivity index (χ3v) is 4.33. The number of oxazole rings is 1. The minimum absolute atomic E-state index is 0.0921. The first-order chi connectivity index (χ1) is 14.4. The molecule has 148 valence electrons. The van der Waals surface area contributed by atoms with Gasteiger partial charge in [-0.2, -0.15) is 0 Å². The number of carbonyl (C=O) groups excluding carboxylic acids is 1. The smallest absolute Gasteiger partial charge is 0.282 e. The molecular formula is C20H12N4O6. The van der Waals surface area contributed by atoms with E-state index in [0.717, 1.165) is 0 Å². The Hall–Kier alpha value is -4.60. The molecular weight excluding hydrogens is 392 g/mol. The number of hydrogen-bond acceptors (Lipinski definition) is 7. The van der Waals surface area contributed by atoms with Gasteiger partial charge < -0.3 is 9.73 Å². The maximum absolute atomic E-state index is 12.7. The molecule has 1 N–H and O–H groups in total. The summed E-state index contributed by atoms with van der Waals surface area (Å²) in [5.74, 6) is -0.523. The van der Waals surface area contributed by atoms with Crippen molar-refractivity contribution in [2.75, 3.05) is 5.32 Å². The molecule has 0 saturated carbocycles. The van der Waals surface area contributed by atoms with Gasteiger partial charge in [0.25, 0.3) is 17.3 Å². The molecule has 4 aromatic rings. The van der Waals surface area contributed by atoms with Crippen molar-refractivity contribution in [3.8, 4) is 11.5 Å². The molecule has 30 heavy (non-hydrogen) atoms. The Morgan fingerprint density at radius 2 is 1.67 bits per heavy atom. The molecule has 0 aliphatic rings. The van der Waals surface area contributed by atoms with Crippen LogP contribution in [0.25, 0.3) is 22.6 Å². The van der Waals surface area contributed by atoms with Crippen molar-refractivity contribution in [1.82, 2.24) is 4.98 Å². The van der Waals surface area contributed by atoms with Crippen LogP contribution in [-0.4, -0.2) is 20.7 Å². The summed E-state index contributed by atoms with van der Waals surface area (Å²) in [5.41, 5.74) is 0.828. The minimum Gasteiger partial charge on any atom is -0.436 e. The summed E-state index contributed by atoms with van der Waals surface area (Å²) in [7, 11) is 0. The van der Waals surface area contributed by atoms with Crippen LogP contribution in [0.5, 0.6) is 0 Å². The van der Waals surface area contributed by atoms with Crippen molar-refractivity contribution >= 4 is 34.1 Å². The van der Waals surface area contributed by atoms with Gasteiger partial charge in [-0.3, -0.25) is 25.0 Å². The number of nitro groups is 2. The highest BCUT2D eigenvalue weighted by atomic mass is 16.6. The Morgan fingerprint density at radius 1 is 0.933 bits per heavy atom. The zero-order chi connectivity index (χ0) is 21.3. The Morgan fingerprint density at radius 3 is 2.43 bits per heavy atom. The SMILES string of the molecule is O=C(Nc1ccccc1-c1nc2ccc([N+](=O)[O-])cc2o1)c1ccccc1[N+](=O)[O-]. The molecule has 1 aromatic heterocycles. The molecule has 0 atom stereocenters. The average molecular weight is 404 g/mol. The van der Waals surface area contributed by atoms with E-state index in [9.17, 15) is 25.0 Å². The summed E-state index contributed by atoms with van der Waals surface area (Å²) in [6.45, 7) is 0. The minimum atomic E-state index is -0.665. The normalized spacial score (nSPS) is 10.7. The van der Waals surface area contributed by atoms with Crippen LogP contribution in [0.1, 0.15) is 10.4 Å². The number of nitrogens with one attached hydrogen (secondary N) is 1. The molecule has 0 aliphatic carbocycles. The second kappa shape index (κ2) is 7.43. The molecule has 0 unspecified atom stereocenters. The molecule has 0 bridgehead atoms. The van der Waals surface area contributed by atoms with Gasteiger partial charge in [0.1, 0.15) is 11.1 Å². The van der Waals surface area contributed by atoms with E-state index < -0.39 is 15.8 Å². The number of aromatic nitrogens is 1. The third-order valence-electron chi connectivity index (χ3n) is 4.33. The van der Waals surface area contributed by atoms with E-state index >= 15 is 0 Å². The number of rotatable bonds is 5. The number of amides is 1. The molecule has 0 aliphatic heterocycles. The van der Waals surface area contributed by atoms with Gasteiger partial charge >= 0.3 is 0 Å². The number of carbonyl (C=O) groups is 1. The summed E-state index contributed by atoms with van der Waals surface area (Å²) in [5, 5.41) is 24.8. The lowest BCUT2D eigenvalue weighted by Crippen LogP contribution is -2.14. The topological polar surface area (TPSA) is 141 Å². The Balaban J connectivity index is 1.72. The van der Waals surface area contributed by atoms with Gasteiger partial charge in [0.05, 0.1) is 27.2 Å². The number of anilines is 1. The maximum Gasteiger partial charge on any atom is 0.282 e. The van der Waals surface area contributed by atoms with Crippen molar-refractivity contribution in [3.05, 3.63) is 92.5 Å². The zero-order valence-electron chi connectivity index (χ0n) is 15.1. The van der Waals surface area contributed by atoms with Crippen LogP contribution in [0, 0.1) is 20.2 Å². The van der Waals surface area contributed by atoms with Crippen molar-refractivity contribution in [3.63, 3.8) is 0 Å². The number of nitro benzene ring substituents is 2. The first-order valence-corrected chi connectivity index (χ1v) is 8.63.